The summed E-state index contributed by atoms with van der Waals surface area (Å²) in [7, 11) is 0.935. The topological polar surface area (TPSA) is 186 Å². The van der Waals surface area contributed by atoms with Crippen LogP contribution in [0, 0.1) is 0 Å². The van der Waals surface area contributed by atoms with E-state index in [4.69, 9.17) is 84.2 Å². The predicted octanol–water partition coefficient (Wildman–Crippen LogP) is 13.9. The lowest BCUT2D eigenvalue weighted by atomic mass is 10.2. The summed E-state index contributed by atoms with van der Waals surface area (Å²) in [6.45, 7) is 16.3. The van der Waals surface area contributed by atoms with Crippen molar-refractivity contribution in [1.29, 1.82) is 0 Å². The molecule has 0 saturated heterocycles. The van der Waals surface area contributed by atoms with Gasteiger partial charge in [-0.1, -0.05) is 84.0 Å². The highest BCUT2D eigenvalue weighted by atomic mass is 35.5. The van der Waals surface area contributed by atoms with Gasteiger partial charge in [0.25, 0.3) is 0 Å². The Hall–Kier alpha value is -1.88. The molecule has 0 aliphatic heterocycles. The van der Waals surface area contributed by atoms with Crippen LogP contribution in [0.3, 0.4) is 0 Å². The molecule has 25 heteroatoms. The molecule has 0 bridgehead atoms. The minimum atomic E-state index is -1.68. The summed E-state index contributed by atoms with van der Waals surface area (Å²) in [6, 6.07) is 9.80. The van der Waals surface area contributed by atoms with Gasteiger partial charge in [-0.25, -0.2) is 0 Å². The molecule has 0 saturated carbocycles. The number of thioether (sulfide) groups is 5. The molecule has 0 amide bonds. The van der Waals surface area contributed by atoms with Gasteiger partial charge in [-0.2, -0.15) is 0 Å². The Morgan fingerprint density at radius 2 is 0.871 bits per heavy atom. The van der Waals surface area contributed by atoms with Crippen molar-refractivity contribution in [3.8, 4) is 0 Å². The monoisotopic (exact) mass is 1210 g/mol. The quantitative estimate of drug-likeness (QED) is 0.0719. The van der Waals surface area contributed by atoms with Crippen molar-refractivity contribution in [1.82, 2.24) is 0 Å². The molecule has 3 aromatic rings. The minimum Gasteiger partial charge on any atom is -0.481 e. The van der Waals surface area contributed by atoms with E-state index in [0.29, 0.717) is 51.3 Å². The fourth-order valence-electron chi connectivity index (χ4n) is 4.21. The van der Waals surface area contributed by atoms with E-state index in [1.165, 1.54) is 68.6 Å². The Bertz CT molecular complexity index is 2240. The fraction of sp³-hybridized carbons (Fsp3) is 0.467. The molecule has 3 rings (SSSR count). The number of hydrogen-bond donors (Lipinski definition) is 1. The van der Waals surface area contributed by atoms with Crippen molar-refractivity contribution < 1.29 is 61.8 Å². The molecule has 1 atom stereocenters. The standard InChI is InChI=1S/C15H18Cl2O5S2.C15H18Cl2O4S2.C10H10Cl2O2S2.C4H8O2.CH4/c1-15(2,3)22-14(19)8-24(20)12-6-9(16)11(5-10(12)17)23-7-13(18)21-4;1-15(2,3)21-14(19)8-23-12-6-9(16)11(5-10(12)17)22-7-13(18)20-4;1-2-15-8-3-7(12)9(4-6(8)11)16-5-10(13)14;1-3-6-4(2)5;/h5-6H,7-8H2,1-4H3;5-6H,7-8H2,1-4H3;3-4H,2,5H2,1H3,(H,13,14);3H2,1-2H3;1H4. The van der Waals surface area contributed by atoms with Gasteiger partial charge in [-0.05, 0) is 90.6 Å². The first-order valence-corrected chi connectivity index (χ1v) is 28.4. The molecule has 394 valence electrons. The molecule has 0 heterocycles. The van der Waals surface area contributed by atoms with Crippen LogP contribution in [-0.2, 0) is 63.3 Å². The largest absolute Gasteiger partial charge is 0.481 e. The Kier molecular flexibility index (Phi) is 36.2. The van der Waals surface area contributed by atoms with Gasteiger partial charge in [0.05, 0.1) is 89.7 Å². The zero-order valence-electron chi connectivity index (χ0n) is 39.5. The molecule has 1 unspecified atom stereocenters. The molecule has 3 aromatic carbocycles. The van der Waals surface area contributed by atoms with Gasteiger partial charge in [0.15, 0.2) is 0 Å². The molecule has 0 spiro atoms. The van der Waals surface area contributed by atoms with Crippen LogP contribution < -0.4 is 0 Å². The van der Waals surface area contributed by atoms with Crippen molar-refractivity contribution in [3.05, 3.63) is 66.5 Å². The Labute approximate surface area is 465 Å². The van der Waals surface area contributed by atoms with Crippen molar-refractivity contribution in [3.63, 3.8) is 0 Å². The van der Waals surface area contributed by atoms with Crippen molar-refractivity contribution in [2.75, 3.05) is 55.3 Å². The van der Waals surface area contributed by atoms with E-state index < -0.39 is 39.9 Å². The normalized spacial score (nSPS) is 11.0. The summed E-state index contributed by atoms with van der Waals surface area (Å²) in [5.41, 5.74) is -1.18. The lowest BCUT2D eigenvalue weighted by Gasteiger charge is -2.19. The second-order valence-electron chi connectivity index (χ2n) is 14.9. The minimum absolute atomic E-state index is 0. The summed E-state index contributed by atoms with van der Waals surface area (Å²) in [5.74, 6) is -1.78. The zero-order valence-corrected chi connectivity index (χ0v) is 48.9. The molecule has 0 aliphatic rings. The Morgan fingerprint density at radius 3 is 1.19 bits per heavy atom. The molecular formula is C45H58Cl6O13S6. The van der Waals surface area contributed by atoms with E-state index in [9.17, 15) is 33.0 Å². The number of methoxy groups -OCH3 is 2. The molecule has 0 aliphatic carbocycles. The number of ether oxygens (including phenoxy) is 5. The van der Waals surface area contributed by atoms with Crippen LogP contribution in [-0.4, -0.2) is 112 Å². The number of carbonyl (C=O) groups is 6. The summed E-state index contributed by atoms with van der Waals surface area (Å²) in [6.07, 6.45) is 0. The molecule has 1 N–H and O–H groups in total. The first-order chi connectivity index (χ1) is 32.0. The van der Waals surface area contributed by atoms with Crippen LogP contribution in [0.25, 0.3) is 0 Å². The zero-order chi connectivity index (χ0) is 53.2. The highest BCUT2D eigenvalue weighted by molar-refractivity contribution is 8.01. The van der Waals surface area contributed by atoms with Crippen LogP contribution in [0.2, 0.25) is 30.1 Å². The third-order valence-corrected chi connectivity index (χ3v) is 15.7. The maximum Gasteiger partial charge on any atom is 0.319 e. The van der Waals surface area contributed by atoms with Gasteiger partial charge in [0.2, 0.25) is 0 Å². The Balaban J connectivity index is 0. The third kappa shape index (κ3) is 31.7. The number of halogens is 6. The number of aliphatic carboxylic acids is 1. The van der Waals surface area contributed by atoms with Gasteiger partial charge < -0.3 is 28.8 Å². The van der Waals surface area contributed by atoms with Crippen molar-refractivity contribution in [2.24, 2.45) is 0 Å². The first-order valence-electron chi connectivity index (χ1n) is 19.9. The fourth-order valence-corrected chi connectivity index (χ4v) is 11.3. The van der Waals surface area contributed by atoms with E-state index in [-0.39, 0.29) is 64.0 Å². The first kappa shape index (κ1) is 70.2. The van der Waals surface area contributed by atoms with E-state index >= 15 is 0 Å². The second kappa shape index (κ2) is 36.1. The Morgan fingerprint density at radius 1 is 0.543 bits per heavy atom. The van der Waals surface area contributed by atoms with Crippen LogP contribution in [0.1, 0.15) is 69.7 Å². The van der Waals surface area contributed by atoms with Crippen molar-refractivity contribution in [2.45, 2.75) is 110 Å². The smallest absolute Gasteiger partial charge is 0.319 e. The van der Waals surface area contributed by atoms with E-state index in [2.05, 4.69) is 14.2 Å². The molecule has 0 aromatic heterocycles. The summed E-state index contributed by atoms with van der Waals surface area (Å²) >= 11 is 43.2. The number of benzene rings is 3. The molecule has 70 heavy (non-hydrogen) atoms. The van der Waals surface area contributed by atoms with Crippen molar-refractivity contribution >= 4 is 175 Å². The average Bonchev–Trinajstić information content (AvgIpc) is 3.23. The highest BCUT2D eigenvalue weighted by Crippen LogP contribution is 2.39. The predicted molar refractivity (Wildman–Crippen MR) is 292 cm³/mol. The van der Waals surface area contributed by atoms with Crippen LogP contribution in [0.15, 0.2) is 65.8 Å². The van der Waals surface area contributed by atoms with Crippen LogP contribution in [0.5, 0.6) is 0 Å². The molecule has 13 nitrogen and oxygen atoms in total. The van der Waals surface area contributed by atoms with Gasteiger partial charge in [0, 0.05) is 31.4 Å². The third-order valence-electron chi connectivity index (χ3n) is 6.78. The molecular weight excluding hydrogens is 1150 g/mol. The number of esters is 5. The summed E-state index contributed by atoms with van der Waals surface area (Å²) < 4.78 is 36.2. The average molecular weight is 1210 g/mol. The van der Waals surface area contributed by atoms with Gasteiger partial charge >= 0.3 is 35.8 Å². The van der Waals surface area contributed by atoms with E-state index in [1.807, 2.05) is 27.7 Å². The van der Waals surface area contributed by atoms with E-state index in [0.717, 1.165) is 22.4 Å². The number of hydrogen-bond acceptors (Lipinski definition) is 17. The van der Waals surface area contributed by atoms with Gasteiger partial charge in [-0.3, -0.25) is 33.0 Å². The number of carboxylic acid groups (broad SMARTS) is 1. The maximum atomic E-state index is 12.3. The van der Waals surface area contributed by atoms with Gasteiger partial charge in [0.1, 0.15) is 17.0 Å². The van der Waals surface area contributed by atoms with Crippen LogP contribution >= 0.6 is 128 Å². The number of carbonyl (C=O) groups excluding carboxylic acids is 5. The summed E-state index contributed by atoms with van der Waals surface area (Å²) in [4.78, 5) is 69.9. The molecule has 0 fully saturated rings. The SMILES string of the molecule is C.CCOC(C)=O.CCSc1cc(Cl)c(SCC(=O)O)cc1Cl.COC(=O)CSc1cc(Cl)c(S(=O)CC(=O)OC(C)(C)C)cc1Cl.COC(=O)CSc1cc(Cl)c(SCC(=O)OC(C)(C)C)cc1Cl. The lowest BCUT2D eigenvalue weighted by molar-refractivity contribution is -0.152. The van der Waals surface area contributed by atoms with E-state index in [1.54, 1.807) is 63.7 Å². The highest BCUT2D eigenvalue weighted by Gasteiger charge is 2.22. The number of rotatable bonds is 18. The number of carboxylic acids is 1. The molecule has 0 radical (unpaired) electrons. The lowest BCUT2D eigenvalue weighted by Crippen LogP contribution is -2.27. The maximum absolute atomic E-state index is 12.3. The second-order valence-corrected chi connectivity index (χ2v) is 24.1. The van der Waals surface area contributed by atoms with Crippen LogP contribution in [0.4, 0.5) is 0 Å². The van der Waals surface area contributed by atoms with Gasteiger partial charge in [-0.15, -0.1) is 58.8 Å². The summed E-state index contributed by atoms with van der Waals surface area (Å²) in [5, 5.41) is 11.2.